The molecule has 140 valence electrons. The molecule has 0 unspecified atom stereocenters. The minimum absolute atomic E-state index is 0.263. The van der Waals surface area contributed by atoms with E-state index in [0.29, 0.717) is 13.0 Å². The number of methoxy groups -OCH3 is 1. The number of ether oxygens (including phenoxy) is 2. The first kappa shape index (κ1) is 20.0. The molecule has 2 aromatic rings. The van der Waals surface area contributed by atoms with Crippen LogP contribution in [0.2, 0.25) is 0 Å². The summed E-state index contributed by atoms with van der Waals surface area (Å²) in [4.78, 5) is 22.7. The van der Waals surface area contributed by atoms with Crippen molar-refractivity contribution in [3.63, 3.8) is 0 Å². The van der Waals surface area contributed by atoms with E-state index < -0.39 is 6.09 Å². The molecular weight excluding hydrogens is 342 g/mol. The van der Waals surface area contributed by atoms with Gasteiger partial charge in [0, 0.05) is 12.6 Å². The highest BCUT2D eigenvalue weighted by atomic mass is 16.5. The van der Waals surface area contributed by atoms with Crippen molar-refractivity contribution >= 4 is 24.2 Å². The van der Waals surface area contributed by atoms with E-state index in [1.807, 2.05) is 66.7 Å². The van der Waals surface area contributed by atoms with E-state index in [-0.39, 0.29) is 12.6 Å². The summed E-state index contributed by atoms with van der Waals surface area (Å²) in [7, 11) is 1.35. The maximum atomic E-state index is 11.6. The van der Waals surface area contributed by atoms with Crippen molar-refractivity contribution in [3.05, 3.63) is 83.4 Å². The number of esters is 1. The van der Waals surface area contributed by atoms with Crippen molar-refractivity contribution < 1.29 is 19.1 Å². The Morgan fingerprint density at radius 1 is 0.963 bits per heavy atom. The Hall–Kier alpha value is -3.34. The molecule has 2 rings (SSSR count). The Balaban J connectivity index is 1.66. The summed E-state index contributed by atoms with van der Waals surface area (Å²) in [6, 6.07) is 17.3. The fourth-order valence-electron chi connectivity index (χ4n) is 2.20. The van der Waals surface area contributed by atoms with Gasteiger partial charge in [0.15, 0.2) is 0 Å². The number of carbonyl (C=O) groups is 2. The molecule has 0 atom stereocenters. The van der Waals surface area contributed by atoms with Gasteiger partial charge in [-0.05, 0) is 29.2 Å². The normalized spacial score (nSPS) is 10.9. The molecule has 0 aliphatic carbocycles. The molecule has 27 heavy (non-hydrogen) atoms. The van der Waals surface area contributed by atoms with Crippen LogP contribution in [0.25, 0.3) is 12.2 Å². The van der Waals surface area contributed by atoms with Gasteiger partial charge in [-0.2, -0.15) is 0 Å². The lowest BCUT2D eigenvalue weighted by Gasteiger charge is -2.05. The molecule has 0 saturated heterocycles. The van der Waals surface area contributed by atoms with Crippen LogP contribution < -0.4 is 5.32 Å². The highest BCUT2D eigenvalue weighted by Gasteiger charge is 2.00. The Kier molecular flexibility index (Phi) is 8.37. The van der Waals surface area contributed by atoms with Crippen LogP contribution in [0.1, 0.15) is 23.1 Å². The van der Waals surface area contributed by atoms with Gasteiger partial charge < -0.3 is 14.8 Å². The zero-order valence-corrected chi connectivity index (χ0v) is 15.3. The van der Waals surface area contributed by atoms with Crippen molar-refractivity contribution in [1.82, 2.24) is 5.32 Å². The molecule has 5 heteroatoms. The molecule has 0 aliphatic rings. The molecular formula is C22H23NO4. The van der Waals surface area contributed by atoms with Crippen LogP contribution in [-0.2, 0) is 20.9 Å². The second-order valence-electron chi connectivity index (χ2n) is 5.70. The van der Waals surface area contributed by atoms with Crippen molar-refractivity contribution in [1.29, 1.82) is 0 Å². The van der Waals surface area contributed by atoms with Crippen LogP contribution in [0.15, 0.2) is 66.7 Å². The molecule has 1 N–H and O–H groups in total. The van der Waals surface area contributed by atoms with E-state index in [1.54, 1.807) is 6.08 Å². The maximum absolute atomic E-state index is 11.6. The number of carbonyl (C=O) groups excluding carboxylic acids is 2. The van der Waals surface area contributed by atoms with E-state index in [2.05, 4.69) is 10.1 Å². The number of hydrogen-bond donors (Lipinski definition) is 1. The van der Waals surface area contributed by atoms with E-state index >= 15 is 0 Å². The fourth-order valence-corrected chi connectivity index (χ4v) is 2.20. The van der Waals surface area contributed by atoms with Gasteiger partial charge in [-0.1, -0.05) is 66.7 Å². The van der Waals surface area contributed by atoms with Gasteiger partial charge in [0.2, 0.25) is 0 Å². The van der Waals surface area contributed by atoms with E-state index in [9.17, 15) is 9.59 Å². The smallest absolute Gasteiger partial charge is 0.407 e. The molecule has 0 aliphatic heterocycles. The molecule has 0 fully saturated rings. The van der Waals surface area contributed by atoms with Crippen LogP contribution in [0.3, 0.4) is 0 Å². The summed E-state index contributed by atoms with van der Waals surface area (Å²) in [5.41, 5.74) is 2.91. The summed E-state index contributed by atoms with van der Waals surface area (Å²) in [5.74, 6) is -0.381. The lowest BCUT2D eigenvalue weighted by molar-refractivity contribution is -0.134. The molecule has 1 amide bonds. The zero-order valence-electron chi connectivity index (χ0n) is 15.3. The number of nitrogens with one attached hydrogen (secondary N) is 1. The number of alkyl carbamates (subject to hydrolysis) is 1. The molecule has 0 saturated carbocycles. The van der Waals surface area contributed by atoms with Gasteiger partial charge in [-0.3, -0.25) is 0 Å². The highest BCUT2D eigenvalue weighted by Crippen LogP contribution is 2.08. The van der Waals surface area contributed by atoms with Gasteiger partial charge in [0.05, 0.1) is 7.11 Å². The van der Waals surface area contributed by atoms with Gasteiger partial charge in [-0.25, -0.2) is 9.59 Å². The monoisotopic (exact) mass is 365 g/mol. The van der Waals surface area contributed by atoms with Crippen LogP contribution in [0.4, 0.5) is 4.79 Å². The molecule has 0 bridgehead atoms. The summed E-state index contributed by atoms with van der Waals surface area (Å²) in [6.45, 7) is 0.767. The highest BCUT2D eigenvalue weighted by molar-refractivity contribution is 5.86. The van der Waals surface area contributed by atoms with Gasteiger partial charge in [0.1, 0.15) is 6.61 Å². The zero-order chi connectivity index (χ0) is 19.3. The Labute approximate surface area is 159 Å². The van der Waals surface area contributed by atoms with E-state index in [4.69, 9.17) is 4.74 Å². The first-order valence-corrected chi connectivity index (χ1v) is 8.64. The van der Waals surface area contributed by atoms with Crippen LogP contribution in [0, 0.1) is 0 Å². The first-order chi connectivity index (χ1) is 13.2. The van der Waals surface area contributed by atoms with Gasteiger partial charge >= 0.3 is 12.1 Å². The molecule has 0 aromatic heterocycles. The quantitative estimate of drug-likeness (QED) is 0.432. The predicted molar refractivity (Wildman–Crippen MR) is 106 cm³/mol. The van der Waals surface area contributed by atoms with Crippen molar-refractivity contribution in [2.45, 2.75) is 13.0 Å². The van der Waals surface area contributed by atoms with Gasteiger partial charge in [-0.15, -0.1) is 0 Å². The summed E-state index contributed by atoms with van der Waals surface area (Å²) < 4.78 is 9.69. The minimum Gasteiger partial charge on any atom is -0.466 e. The van der Waals surface area contributed by atoms with E-state index in [1.165, 1.54) is 13.2 Å². The molecule has 2 aromatic carbocycles. The average molecular weight is 365 g/mol. The van der Waals surface area contributed by atoms with Crippen molar-refractivity contribution in [2.75, 3.05) is 13.7 Å². The largest absolute Gasteiger partial charge is 0.466 e. The Morgan fingerprint density at radius 2 is 1.63 bits per heavy atom. The standard InChI is InChI=1S/C22H23NO4/c1-26-21(24)15-14-19-12-10-18(11-13-19)7-5-6-16-23-22(25)27-17-20-8-3-2-4-9-20/h2-5,7-15H,6,16-17H2,1H3,(H,23,25)/b7-5?,15-14+. The first-order valence-electron chi connectivity index (χ1n) is 8.64. The SMILES string of the molecule is COC(=O)/C=C/c1ccc(C=CCCNC(=O)OCc2ccccc2)cc1. The molecule has 0 spiro atoms. The number of amides is 1. The lowest BCUT2D eigenvalue weighted by Crippen LogP contribution is -2.24. The minimum atomic E-state index is -0.422. The second kappa shape index (κ2) is 11.3. The third-order valence-electron chi connectivity index (χ3n) is 3.65. The molecule has 0 radical (unpaired) electrons. The summed E-state index contributed by atoms with van der Waals surface area (Å²) in [6.07, 6.45) is 7.32. The van der Waals surface area contributed by atoms with Crippen LogP contribution in [0.5, 0.6) is 0 Å². The average Bonchev–Trinajstić information content (AvgIpc) is 2.71. The van der Waals surface area contributed by atoms with Crippen LogP contribution >= 0.6 is 0 Å². The molecule has 0 heterocycles. The topological polar surface area (TPSA) is 64.6 Å². The number of rotatable bonds is 8. The Bertz CT molecular complexity index is 780. The number of benzene rings is 2. The van der Waals surface area contributed by atoms with Crippen molar-refractivity contribution in [3.8, 4) is 0 Å². The maximum Gasteiger partial charge on any atom is 0.407 e. The van der Waals surface area contributed by atoms with Crippen molar-refractivity contribution in [2.24, 2.45) is 0 Å². The Morgan fingerprint density at radius 3 is 2.30 bits per heavy atom. The lowest BCUT2D eigenvalue weighted by atomic mass is 10.1. The number of hydrogen-bond acceptors (Lipinski definition) is 4. The fraction of sp³-hybridized carbons (Fsp3) is 0.182. The predicted octanol–water partition coefficient (Wildman–Crippen LogP) is 4.20. The molecule has 5 nitrogen and oxygen atoms in total. The second-order valence-corrected chi connectivity index (χ2v) is 5.70. The summed E-state index contributed by atoms with van der Waals surface area (Å²) in [5, 5.41) is 2.72. The third-order valence-corrected chi connectivity index (χ3v) is 3.65. The van der Waals surface area contributed by atoms with Gasteiger partial charge in [0.25, 0.3) is 0 Å². The third kappa shape index (κ3) is 8.05. The summed E-state index contributed by atoms with van der Waals surface area (Å²) >= 11 is 0. The van der Waals surface area contributed by atoms with Crippen LogP contribution in [-0.4, -0.2) is 25.7 Å². The van der Waals surface area contributed by atoms with E-state index in [0.717, 1.165) is 16.7 Å².